The quantitative estimate of drug-likeness (QED) is 0.527. The lowest BCUT2D eigenvalue weighted by atomic mass is 9.95. The minimum atomic E-state index is -0.311. The van der Waals surface area contributed by atoms with Crippen LogP contribution in [-0.2, 0) is 4.79 Å². The first kappa shape index (κ1) is 21.4. The molecule has 1 heterocycles. The van der Waals surface area contributed by atoms with Gasteiger partial charge in [0.15, 0.2) is 12.4 Å². The van der Waals surface area contributed by atoms with Crippen molar-refractivity contribution in [3.63, 3.8) is 0 Å². The van der Waals surface area contributed by atoms with Crippen LogP contribution < -0.4 is 20.2 Å². The Bertz CT molecular complexity index is 1150. The molecule has 1 aliphatic carbocycles. The second-order valence-electron chi connectivity index (χ2n) is 7.63. The van der Waals surface area contributed by atoms with Gasteiger partial charge in [-0.05, 0) is 59.1 Å². The van der Waals surface area contributed by atoms with Gasteiger partial charge in [-0.3, -0.25) is 9.59 Å². The molecule has 31 heavy (non-hydrogen) atoms. The Morgan fingerprint density at radius 3 is 2.68 bits per heavy atom. The first-order valence-corrected chi connectivity index (χ1v) is 11.2. The van der Waals surface area contributed by atoms with Crippen LogP contribution >= 0.6 is 15.9 Å². The number of hydrogen-bond donors (Lipinski definition) is 1. The number of para-hydroxylation sites is 1. The van der Waals surface area contributed by atoms with E-state index in [1.165, 1.54) is 6.42 Å². The molecule has 0 saturated heterocycles. The number of amides is 1. The highest BCUT2D eigenvalue weighted by Gasteiger charge is 2.21. The first-order chi connectivity index (χ1) is 15.1. The molecule has 162 valence electrons. The molecule has 7 heteroatoms. The van der Waals surface area contributed by atoms with E-state index in [4.69, 9.17) is 13.9 Å². The second kappa shape index (κ2) is 9.56. The van der Waals surface area contributed by atoms with Crippen LogP contribution in [0, 0.1) is 0 Å². The van der Waals surface area contributed by atoms with E-state index in [2.05, 4.69) is 21.2 Å². The number of benzene rings is 2. The molecular formula is C24H24BrNO5. The summed E-state index contributed by atoms with van der Waals surface area (Å²) < 4.78 is 17.8. The fraction of sp³-hybridized carbons (Fsp3) is 0.333. The smallest absolute Gasteiger partial charge is 0.258 e. The van der Waals surface area contributed by atoms with Crippen molar-refractivity contribution < 1.29 is 18.7 Å². The Kier molecular flexibility index (Phi) is 6.61. The molecule has 1 fully saturated rings. The molecule has 0 bridgehead atoms. The van der Waals surface area contributed by atoms with Crippen molar-refractivity contribution in [1.29, 1.82) is 0 Å². The number of methoxy groups -OCH3 is 1. The maximum Gasteiger partial charge on any atom is 0.258 e. The van der Waals surface area contributed by atoms with E-state index < -0.39 is 0 Å². The van der Waals surface area contributed by atoms with Crippen LogP contribution in [0.1, 0.15) is 32.1 Å². The van der Waals surface area contributed by atoms with Crippen LogP contribution in [0.25, 0.3) is 22.3 Å². The van der Waals surface area contributed by atoms with Gasteiger partial charge in [0.2, 0.25) is 11.2 Å². The summed E-state index contributed by atoms with van der Waals surface area (Å²) in [6.07, 6.45) is 5.42. The van der Waals surface area contributed by atoms with Gasteiger partial charge >= 0.3 is 0 Å². The molecule has 0 spiro atoms. The van der Waals surface area contributed by atoms with Crippen LogP contribution in [0.3, 0.4) is 0 Å². The lowest BCUT2D eigenvalue weighted by Gasteiger charge is -2.22. The Morgan fingerprint density at radius 2 is 1.94 bits per heavy atom. The molecular weight excluding hydrogens is 462 g/mol. The second-order valence-corrected chi connectivity index (χ2v) is 8.48. The Morgan fingerprint density at radius 1 is 1.16 bits per heavy atom. The van der Waals surface area contributed by atoms with Gasteiger partial charge < -0.3 is 19.2 Å². The highest BCUT2D eigenvalue weighted by atomic mass is 79.9. The van der Waals surface area contributed by atoms with E-state index in [1.54, 1.807) is 49.6 Å². The predicted molar refractivity (Wildman–Crippen MR) is 123 cm³/mol. The summed E-state index contributed by atoms with van der Waals surface area (Å²) in [6, 6.07) is 12.5. The normalized spacial score (nSPS) is 14.4. The fourth-order valence-corrected chi connectivity index (χ4v) is 4.45. The third kappa shape index (κ3) is 4.77. The lowest BCUT2D eigenvalue weighted by molar-refractivity contribution is -0.124. The predicted octanol–water partition coefficient (Wildman–Crippen LogP) is 5.06. The van der Waals surface area contributed by atoms with E-state index in [9.17, 15) is 9.59 Å². The molecule has 6 nitrogen and oxygen atoms in total. The SMILES string of the molecule is COc1ccc(-c2oc3ccccc3c(=O)c2OCC(=O)NC2CCCCC2)cc1Br. The number of fused-ring (bicyclic) bond motifs is 1. The van der Waals surface area contributed by atoms with Crippen molar-refractivity contribution in [3.05, 3.63) is 57.2 Å². The van der Waals surface area contributed by atoms with Crippen molar-refractivity contribution in [2.24, 2.45) is 0 Å². The van der Waals surface area contributed by atoms with Gasteiger partial charge in [-0.15, -0.1) is 0 Å². The van der Waals surface area contributed by atoms with Crippen LogP contribution in [0.4, 0.5) is 0 Å². The Balaban J connectivity index is 1.66. The Labute approximate surface area is 188 Å². The molecule has 0 unspecified atom stereocenters. The number of carbonyl (C=O) groups is 1. The summed E-state index contributed by atoms with van der Waals surface area (Å²) >= 11 is 3.47. The van der Waals surface area contributed by atoms with Crippen LogP contribution in [0.2, 0.25) is 0 Å². The molecule has 4 rings (SSSR count). The number of nitrogens with one attached hydrogen (secondary N) is 1. The average molecular weight is 486 g/mol. The standard InChI is InChI=1S/C24H24BrNO5/c1-29-20-12-11-15(13-18(20)25)23-24(22(28)17-9-5-6-10-19(17)31-23)30-14-21(27)26-16-7-3-2-4-8-16/h5-6,9-13,16H,2-4,7-8,14H2,1H3,(H,26,27). The van der Waals surface area contributed by atoms with Gasteiger partial charge in [0.1, 0.15) is 11.3 Å². The van der Waals surface area contributed by atoms with Crippen LogP contribution in [0.5, 0.6) is 11.5 Å². The van der Waals surface area contributed by atoms with Gasteiger partial charge in [0.05, 0.1) is 17.0 Å². The lowest BCUT2D eigenvalue weighted by Crippen LogP contribution is -2.39. The van der Waals surface area contributed by atoms with E-state index in [0.29, 0.717) is 26.8 Å². The topological polar surface area (TPSA) is 77.8 Å². The van der Waals surface area contributed by atoms with Crippen LogP contribution in [-0.4, -0.2) is 25.7 Å². The number of ether oxygens (including phenoxy) is 2. The summed E-state index contributed by atoms with van der Waals surface area (Å²) in [5, 5.41) is 3.41. The average Bonchev–Trinajstić information content (AvgIpc) is 2.79. The number of carbonyl (C=O) groups excluding carboxylic acids is 1. The highest BCUT2D eigenvalue weighted by molar-refractivity contribution is 9.10. The Hall–Kier alpha value is -2.80. The van der Waals surface area contributed by atoms with Gasteiger partial charge in [0, 0.05) is 11.6 Å². The summed E-state index contributed by atoms with van der Waals surface area (Å²) in [6.45, 7) is -0.246. The first-order valence-electron chi connectivity index (χ1n) is 10.4. The largest absolute Gasteiger partial charge is 0.496 e. The maximum absolute atomic E-state index is 13.2. The van der Waals surface area contributed by atoms with Crippen molar-refractivity contribution >= 4 is 32.8 Å². The van der Waals surface area contributed by atoms with Gasteiger partial charge in [-0.25, -0.2) is 0 Å². The van der Waals surface area contributed by atoms with Gasteiger partial charge in [0.25, 0.3) is 5.91 Å². The molecule has 1 saturated carbocycles. The monoisotopic (exact) mass is 485 g/mol. The van der Waals surface area contributed by atoms with Crippen LogP contribution in [0.15, 0.2) is 56.1 Å². The molecule has 1 aromatic heterocycles. The zero-order chi connectivity index (χ0) is 21.8. The molecule has 0 radical (unpaired) electrons. The van der Waals surface area contributed by atoms with Crippen molar-refractivity contribution in [2.75, 3.05) is 13.7 Å². The van der Waals surface area contributed by atoms with Gasteiger partial charge in [-0.1, -0.05) is 31.4 Å². The maximum atomic E-state index is 13.2. The molecule has 1 N–H and O–H groups in total. The van der Waals surface area contributed by atoms with Crippen molar-refractivity contribution in [2.45, 2.75) is 38.1 Å². The molecule has 1 amide bonds. The third-order valence-corrected chi connectivity index (χ3v) is 6.11. The number of halogens is 1. The molecule has 0 aliphatic heterocycles. The molecule has 2 aromatic carbocycles. The highest BCUT2D eigenvalue weighted by Crippen LogP contribution is 2.35. The molecule has 1 aliphatic rings. The number of hydrogen-bond acceptors (Lipinski definition) is 5. The molecule has 0 atom stereocenters. The van der Waals surface area contributed by atoms with E-state index in [-0.39, 0.29) is 35.5 Å². The summed E-state index contributed by atoms with van der Waals surface area (Å²) in [5.41, 5.74) is 0.779. The zero-order valence-corrected chi connectivity index (χ0v) is 18.9. The summed E-state index contributed by atoms with van der Waals surface area (Å²) in [7, 11) is 1.58. The van der Waals surface area contributed by atoms with E-state index >= 15 is 0 Å². The third-order valence-electron chi connectivity index (χ3n) is 5.49. The zero-order valence-electron chi connectivity index (χ0n) is 17.3. The minimum absolute atomic E-state index is 0.0227. The minimum Gasteiger partial charge on any atom is -0.496 e. The van der Waals surface area contributed by atoms with Crippen molar-refractivity contribution in [3.8, 4) is 22.8 Å². The fourth-order valence-electron chi connectivity index (χ4n) is 3.91. The van der Waals surface area contributed by atoms with Gasteiger partial charge in [-0.2, -0.15) is 0 Å². The summed E-state index contributed by atoms with van der Waals surface area (Å²) in [4.78, 5) is 25.6. The van der Waals surface area contributed by atoms with E-state index in [1.807, 2.05) is 0 Å². The van der Waals surface area contributed by atoms with E-state index in [0.717, 1.165) is 25.7 Å². The van der Waals surface area contributed by atoms with Crippen molar-refractivity contribution in [1.82, 2.24) is 5.32 Å². The molecule has 3 aromatic rings. The summed E-state index contributed by atoms with van der Waals surface area (Å²) in [5.74, 6) is 0.717. The number of rotatable bonds is 6.